The van der Waals surface area contributed by atoms with E-state index in [9.17, 15) is 9.18 Å². The Hall–Kier alpha value is -2.21. The van der Waals surface area contributed by atoms with Crippen molar-refractivity contribution in [3.8, 4) is 0 Å². The van der Waals surface area contributed by atoms with Gasteiger partial charge in [-0.1, -0.05) is 25.4 Å². The van der Waals surface area contributed by atoms with E-state index in [4.69, 9.17) is 17.3 Å². The van der Waals surface area contributed by atoms with E-state index in [-0.39, 0.29) is 28.0 Å². The number of benzene rings is 1. The highest BCUT2D eigenvalue weighted by Crippen LogP contribution is 2.23. The van der Waals surface area contributed by atoms with Crippen LogP contribution in [-0.2, 0) is 0 Å². The number of halogens is 2. The van der Waals surface area contributed by atoms with E-state index in [1.54, 1.807) is 0 Å². The van der Waals surface area contributed by atoms with Crippen LogP contribution in [0.2, 0.25) is 5.02 Å². The number of nitrogens with one attached hydrogen (secondary N) is 1. The molecule has 7 heteroatoms. The monoisotopic (exact) mass is 308 g/mol. The molecule has 0 radical (unpaired) electrons. The highest BCUT2D eigenvalue weighted by atomic mass is 35.5. The summed E-state index contributed by atoms with van der Waals surface area (Å²) in [6.07, 6.45) is 1.38. The van der Waals surface area contributed by atoms with Gasteiger partial charge in [-0.05, 0) is 18.2 Å². The van der Waals surface area contributed by atoms with Gasteiger partial charge in [0.2, 0.25) is 0 Å². The average Bonchev–Trinajstić information content (AvgIpc) is 2.43. The molecular formula is C14H14ClFN4O. The summed E-state index contributed by atoms with van der Waals surface area (Å²) in [4.78, 5) is 20.4. The fourth-order valence-electron chi connectivity index (χ4n) is 1.64. The molecule has 110 valence electrons. The fraction of sp³-hybridized carbons (Fsp3) is 0.214. The third-order valence-electron chi connectivity index (χ3n) is 2.74. The summed E-state index contributed by atoms with van der Waals surface area (Å²) in [5, 5.41) is 2.72. The topological polar surface area (TPSA) is 80.9 Å². The van der Waals surface area contributed by atoms with E-state index >= 15 is 0 Å². The fourth-order valence-corrected chi connectivity index (χ4v) is 1.80. The predicted octanol–water partition coefficient (Wildman–Crippen LogP) is 3.23. The number of nitrogens with two attached hydrogens (primary N) is 1. The molecule has 21 heavy (non-hydrogen) atoms. The molecule has 0 bridgehead atoms. The smallest absolute Gasteiger partial charge is 0.276 e. The van der Waals surface area contributed by atoms with Gasteiger partial charge in [0, 0.05) is 5.92 Å². The maximum atomic E-state index is 13.2. The van der Waals surface area contributed by atoms with E-state index in [0.29, 0.717) is 5.82 Å². The highest BCUT2D eigenvalue weighted by Gasteiger charge is 2.16. The first-order valence-corrected chi connectivity index (χ1v) is 6.65. The molecule has 0 aliphatic rings. The number of amides is 1. The van der Waals surface area contributed by atoms with Gasteiger partial charge in [0.15, 0.2) is 5.69 Å². The van der Waals surface area contributed by atoms with E-state index in [1.807, 2.05) is 13.8 Å². The van der Waals surface area contributed by atoms with Gasteiger partial charge in [-0.2, -0.15) is 0 Å². The Morgan fingerprint density at radius 3 is 2.81 bits per heavy atom. The van der Waals surface area contributed by atoms with E-state index < -0.39 is 11.7 Å². The second kappa shape index (κ2) is 6.05. The number of carbonyl (C=O) groups is 1. The predicted molar refractivity (Wildman–Crippen MR) is 79.9 cm³/mol. The van der Waals surface area contributed by atoms with Crippen molar-refractivity contribution in [2.24, 2.45) is 0 Å². The SMILES string of the molecule is CC(C)c1ncc(N)c(C(=O)Nc2cc(F)ccc2Cl)n1. The minimum absolute atomic E-state index is 0.0361. The lowest BCUT2D eigenvalue weighted by Gasteiger charge is -2.10. The van der Waals surface area contributed by atoms with Crippen LogP contribution in [0.4, 0.5) is 15.8 Å². The molecule has 0 saturated heterocycles. The van der Waals surface area contributed by atoms with Gasteiger partial charge in [0.1, 0.15) is 11.6 Å². The lowest BCUT2D eigenvalue weighted by Crippen LogP contribution is -2.18. The molecule has 3 N–H and O–H groups in total. The second-order valence-electron chi connectivity index (χ2n) is 4.77. The normalized spacial score (nSPS) is 10.7. The number of anilines is 2. The van der Waals surface area contributed by atoms with Gasteiger partial charge in [-0.25, -0.2) is 14.4 Å². The van der Waals surface area contributed by atoms with Crippen molar-refractivity contribution in [1.82, 2.24) is 9.97 Å². The van der Waals surface area contributed by atoms with Gasteiger partial charge in [-0.15, -0.1) is 0 Å². The molecule has 0 spiro atoms. The maximum absolute atomic E-state index is 13.2. The molecule has 1 aromatic heterocycles. The summed E-state index contributed by atoms with van der Waals surface area (Å²) >= 11 is 5.90. The molecule has 0 saturated carbocycles. The van der Waals surface area contributed by atoms with Crippen molar-refractivity contribution in [3.05, 3.63) is 46.8 Å². The average molecular weight is 309 g/mol. The standard InChI is InChI=1S/C14H14ClFN4O/c1-7(2)13-18-6-10(17)12(20-13)14(21)19-11-5-8(16)3-4-9(11)15/h3-7H,17H2,1-2H3,(H,19,21). The van der Waals surface area contributed by atoms with E-state index in [1.165, 1.54) is 18.3 Å². The first kappa shape index (κ1) is 15.2. The molecule has 0 aliphatic heterocycles. The summed E-state index contributed by atoms with van der Waals surface area (Å²) in [5.74, 6) is -0.521. The van der Waals surface area contributed by atoms with Crippen molar-refractivity contribution in [3.63, 3.8) is 0 Å². The lowest BCUT2D eigenvalue weighted by atomic mass is 10.2. The summed E-state index contributed by atoms with van der Waals surface area (Å²) in [7, 11) is 0. The Morgan fingerprint density at radius 2 is 2.14 bits per heavy atom. The van der Waals surface area contributed by atoms with E-state index in [2.05, 4.69) is 15.3 Å². The van der Waals surface area contributed by atoms with Crippen LogP contribution in [0.5, 0.6) is 0 Å². The van der Waals surface area contributed by atoms with Gasteiger partial charge in [0.25, 0.3) is 5.91 Å². The van der Waals surface area contributed by atoms with Crippen molar-refractivity contribution in [2.45, 2.75) is 19.8 Å². The summed E-state index contributed by atoms with van der Waals surface area (Å²) in [5.41, 5.74) is 6.06. The summed E-state index contributed by atoms with van der Waals surface area (Å²) < 4.78 is 13.2. The minimum atomic E-state index is -0.565. The van der Waals surface area contributed by atoms with Crippen molar-refractivity contribution in [1.29, 1.82) is 0 Å². The van der Waals surface area contributed by atoms with Crippen molar-refractivity contribution < 1.29 is 9.18 Å². The van der Waals surface area contributed by atoms with E-state index in [0.717, 1.165) is 6.07 Å². The zero-order chi connectivity index (χ0) is 15.6. The Labute approximate surface area is 126 Å². The molecular weight excluding hydrogens is 295 g/mol. The summed E-state index contributed by atoms with van der Waals surface area (Å²) in [6, 6.07) is 3.68. The van der Waals surface area contributed by atoms with Crippen LogP contribution in [0.15, 0.2) is 24.4 Å². The Morgan fingerprint density at radius 1 is 1.43 bits per heavy atom. The third kappa shape index (κ3) is 3.46. The zero-order valence-electron chi connectivity index (χ0n) is 11.5. The third-order valence-corrected chi connectivity index (χ3v) is 3.07. The molecule has 1 aromatic carbocycles. The van der Waals surface area contributed by atoms with Crippen LogP contribution < -0.4 is 11.1 Å². The summed E-state index contributed by atoms with van der Waals surface area (Å²) in [6.45, 7) is 3.80. The molecule has 0 aliphatic carbocycles. The second-order valence-corrected chi connectivity index (χ2v) is 5.17. The number of hydrogen-bond donors (Lipinski definition) is 2. The molecule has 0 fully saturated rings. The van der Waals surface area contributed by atoms with Gasteiger partial charge < -0.3 is 11.1 Å². The molecule has 2 aromatic rings. The highest BCUT2D eigenvalue weighted by molar-refractivity contribution is 6.33. The number of nitrogen functional groups attached to an aromatic ring is 1. The number of nitrogens with zero attached hydrogens (tertiary/aromatic N) is 2. The Kier molecular flexibility index (Phi) is 4.37. The number of rotatable bonds is 3. The molecule has 1 amide bonds. The molecule has 0 unspecified atom stereocenters. The molecule has 2 rings (SSSR count). The Bertz CT molecular complexity index is 691. The zero-order valence-corrected chi connectivity index (χ0v) is 12.3. The Balaban J connectivity index is 2.32. The molecule has 1 heterocycles. The first-order valence-electron chi connectivity index (χ1n) is 6.27. The van der Waals surface area contributed by atoms with Gasteiger partial charge in [0.05, 0.1) is 22.6 Å². The van der Waals surface area contributed by atoms with Crippen LogP contribution >= 0.6 is 11.6 Å². The minimum Gasteiger partial charge on any atom is -0.396 e. The quantitative estimate of drug-likeness (QED) is 0.912. The van der Waals surface area contributed by atoms with Crippen LogP contribution in [0.25, 0.3) is 0 Å². The van der Waals surface area contributed by atoms with Crippen LogP contribution in [0, 0.1) is 5.82 Å². The maximum Gasteiger partial charge on any atom is 0.276 e. The van der Waals surface area contributed by atoms with Crippen molar-refractivity contribution >= 4 is 28.9 Å². The van der Waals surface area contributed by atoms with Crippen molar-refractivity contribution in [2.75, 3.05) is 11.1 Å². The van der Waals surface area contributed by atoms with Crippen LogP contribution in [-0.4, -0.2) is 15.9 Å². The molecule has 0 atom stereocenters. The van der Waals surface area contributed by atoms with Gasteiger partial charge in [-0.3, -0.25) is 4.79 Å². The van der Waals surface area contributed by atoms with Crippen LogP contribution in [0.1, 0.15) is 36.1 Å². The largest absolute Gasteiger partial charge is 0.396 e. The lowest BCUT2D eigenvalue weighted by molar-refractivity contribution is 0.102. The molecule has 5 nitrogen and oxygen atoms in total. The first-order chi connectivity index (χ1) is 9.88. The van der Waals surface area contributed by atoms with Crippen LogP contribution in [0.3, 0.4) is 0 Å². The number of carbonyl (C=O) groups excluding carboxylic acids is 1. The van der Waals surface area contributed by atoms with Gasteiger partial charge >= 0.3 is 0 Å². The number of aromatic nitrogens is 2. The number of hydrogen-bond acceptors (Lipinski definition) is 4.